The number of nitrogens with zero attached hydrogens (tertiary/aromatic N) is 3. The fourth-order valence-corrected chi connectivity index (χ4v) is 3.53. The number of rotatable bonds is 7. The lowest BCUT2D eigenvalue weighted by molar-refractivity contribution is 0.0143. The molecule has 3 aromatic heterocycles. The number of hydrogen-bond donors (Lipinski definition) is 2. The number of carbonyl (C=O) groups excluding carboxylic acids is 1. The van der Waals surface area contributed by atoms with Crippen LogP contribution in [-0.4, -0.2) is 51.5 Å². The maximum atomic E-state index is 12.0. The van der Waals surface area contributed by atoms with Gasteiger partial charge in [0.05, 0.1) is 17.2 Å². The van der Waals surface area contributed by atoms with Crippen molar-refractivity contribution in [3.05, 3.63) is 63.8 Å². The first kappa shape index (κ1) is 23.4. The second-order valence-corrected chi connectivity index (χ2v) is 7.43. The van der Waals surface area contributed by atoms with E-state index >= 15 is 0 Å². The molecule has 3 aromatic rings. The van der Waals surface area contributed by atoms with Gasteiger partial charge in [0.1, 0.15) is 17.5 Å². The molecule has 4 rings (SSSR count). The van der Waals surface area contributed by atoms with E-state index in [2.05, 4.69) is 25.2 Å². The number of likely N-dealkylation sites (tertiary alicyclic amines) is 1. The van der Waals surface area contributed by atoms with Crippen molar-refractivity contribution in [3.8, 4) is 5.75 Å². The minimum absolute atomic E-state index is 0.0480. The number of aryl methyl sites for hydroxylation is 1. The number of aromatic nitrogens is 3. The van der Waals surface area contributed by atoms with Gasteiger partial charge in [-0.1, -0.05) is 20.8 Å². The van der Waals surface area contributed by atoms with Crippen molar-refractivity contribution < 1.29 is 9.53 Å². The number of amides is 1. The molecule has 1 fully saturated rings. The highest BCUT2D eigenvalue weighted by atomic mass is 16.5. The van der Waals surface area contributed by atoms with Crippen LogP contribution in [0.15, 0.2) is 41.5 Å². The molecule has 1 saturated heterocycles. The quantitative estimate of drug-likeness (QED) is 0.590. The van der Waals surface area contributed by atoms with Gasteiger partial charge >= 0.3 is 0 Å². The van der Waals surface area contributed by atoms with Gasteiger partial charge in [-0.05, 0) is 43.2 Å². The summed E-state index contributed by atoms with van der Waals surface area (Å²) in [6.07, 6.45) is 4.22. The molecule has 8 nitrogen and oxygen atoms in total. The zero-order valence-corrected chi connectivity index (χ0v) is 19.1. The summed E-state index contributed by atoms with van der Waals surface area (Å²) in [5, 5.41) is 2.72. The van der Waals surface area contributed by atoms with E-state index in [0.717, 1.165) is 41.8 Å². The molecule has 1 aliphatic rings. The van der Waals surface area contributed by atoms with Gasteiger partial charge in [-0.25, -0.2) is 4.98 Å². The SMILES string of the molecule is CC.CCNC(=O)c1ccc(OC2CN(Cc3cnc4cc(CC)c(=O)[nH]c4c3)C2)cn1. The summed E-state index contributed by atoms with van der Waals surface area (Å²) in [5.74, 6) is 0.472. The van der Waals surface area contributed by atoms with E-state index in [-0.39, 0.29) is 17.6 Å². The Morgan fingerprint density at radius 3 is 2.62 bits per heavy atom. The number of hydrogen-bond acceptors (Lipinski definition) is 6. The molecule has 32 heavy (non-hydrogen) atoms. The first-order chi connectivity index (χ1) is 15.6. The molecule has 0 unspecified atom stereocenters. The molecular weight excluding hydrogens is 406 g/mol. The molecule has 0 bridgehead atoms. The van der Waals surface area contributed by atoms with Crippen LogP contribution in [0.2, 0.25) is 0 Å². The monoisotopic (exact) mass is 437 g/mol. The third-order valence-corrected chi connectivity index (χ3v) is 5.15. The lowest BCUT2D eigenvalue weighted by atomic mass is 10.1. The summed E-state index contributed by atoms with van der Waals surface area (Å²) in [5.41, 5.74) is 3.71. The van der Waals surface area contributed by atoms with Crippen molar-refractivity contribution >= 4 is 16.9 Å². The number of H-pyrrole nitrogens is 1. The van der Waals surface area contributed by atoms with Crippen molar-refractivity contribution in [2.75, 3.05) is 19.6 Å². The molecule has 0 saturated carbocycles. The lowest BCUT2D eigenvalue weighted by Crippen LogP contribution is -2.53. The Morgan fingerprint density at radius 2 is 1.97 bits per heavy atom. The van der Waals surface area contributed by atoms with Gasteiger partial charge in [0, 0.05) is 37.9 Å². The molecule has 8 heteroatoms. The smallest absolute Gasteiger partial charge is 0.269 e. The number of aromatic amines is 1. The van der Waals surface area contributed by atoms with Crippen LogP contribution in [0, 0.1) is 0 Å². The highest BCUT2D eigenvalue weighted by molar-refractivity contribution is 5.92. The maximum Gasteiger partial charge on any atom is 0.269 e. The molecular formula is C24H31N5O3. The summed E-state index contributed by atoms with van der Waals surface area (Å²) in [7, 11) is 0. The molecule has 0 aromatic carbocycles. The minimum atomic E-state index is -0.185. The lowest BCUT2D eigenvalue weighted by Gasteiger charge is -2.38. The van der Waals surface area contributed by atoms with E-state index in [0.29, 0.717) is 24.4 Å². The maximum absolute atomic E-state index is 12.0. The van der Waals surface area contributed by atoms with Crippen LogP contribution < -0.4 is 15.6 Å². The standard InChI is InChI=1S/C22H25N5O3.C2H6/c1-3-15-8-19-20(26-21(15)28)7-14(9-24-19)11-27-12-17(13-27)30-16-5-6-18(25-10-16)22(29)23-4-2;1-2/h5-10,17H,3-4,11-13H2,1-2H3,(H,23,29)(H,26,28);1-2H3. The zero-order valence-electron chi connectivity index (χ0n) is 19.1. The highest BCUT2D eigenvalue weighted by Gasteiger charge is 2.28. The topological polar surface area (TPSA) is 100 Å². The third-order valence-electron chi connectivity index (χ3n) is 5.15. The van der Waals surface area contributed by atoms with E-state index < -0.39 is 0 Å². The Labute approximate surface area is 188 Å². The second kappa shape index (κ2) is 10.9. The number of nitrogens with one attached hydrogen (secondary N) is 2. The molecule has 4 heterocycles. The van der Waals surface area contributed by atoms with Gasteiger partial charge in [-0.3, -0.25) is 19.5 Å². The van der Waals surface area contributed by atoms with Crippen LogP contribution >= 0.6 is 0 Å². The number of pyridine rings is 3. The van der Waals surface area contributed by atoms with Crippen molar-refractivity contribution in [1.29, 1.82) is 0 Å². The normalized spacial score (nSPS) is 13.8. The number of ether oxygens (including phenoxy) is 1. The predicted octanol–water partition coefficient (Wildman–Crippen LogP) is 2.92. The van der Waals surface area contributed by atoms with Crippen molar-refractivity contribution in [2.24, 2.45) is 0 Å². The molecule has 2 N–H and O–H groups in total. The largest absolute Gasteiger partial charge is 0.486 e. The van der Waals surface area contributed by atoms with Crippen molar-refractivity contribution in [3.63, 3.8) is 0 Å². The first-order valence-electron chi connectivity index (χ1n) is 11.2. The molecule has 1 aliphatic heterocycles. The van der Waals surface area contributed by atoms with Crippen LogP contribution in [-0.2, 0) is 13.0 Å². The average Bonchev–Trinajstić information content (AvgIpc) is 2.79. The van der Waals surface area contributed by atoms with E-state index in [1.807, 2.05) is 46.0 Å². The molecule has 170 valence electrons. The Hall–Kier alpha value is -3.26. The highest BCUT2D eigenvalue weighted by Crippen LogP contribution is 2.20. The van der Waals surface area contributed by atoms with E-state index in [1.165, 1.54) is 0 Å². The van der Waals surface area contributed by atoms with Crippen molar-refractivity contribution in [1.82, 2.24) is 25.2 Å². The van der Waals surface area contributed by atoms with E-state index in [4.69, 9.17) is 4.74 Å². The summed E-state index contributed by atoms with van der Waals surface area (Å²) in [6, 6.07) is 7.29. The van der Waals surface area contributed by atoms with Crippen LogP contribution in [0.25, 0.3) is 11.0 Å². The van der Waals surface area contributed by atoms with Crippen LogP contribution in [0.5, 0.6) is 5.75 Å². The molecule has 0 radical (unpaired) electrons. The molecule has 0 atom stereocenters. The number of carbonyl (C=O) groups is 1. The van der Waals surface area contributed by atoms with Gasteiger partial charge in [0.2, 0.25) is 0 Å². The van der Waals surface area contributed by atoms with Gasteiger partial charge in [0.25, 0.3) is 11.5 Å². The summed E-state index contributed by atoms with van der Waals surface area (Å²) in [4.78, 5) is 37.6. The Bertz CT molecular complexity index is 1100. The predicted molar refractivity (Wildman–Crippen MR) is 125 cm³/mol. The summed E-state index contributed by atoms with van der Waals surface area (Å²) >= 11 is 0. The van der Waals surface area contributed by atoms with Crippen molar-refractivity contribution in [2.45, 2.75) is 46.8 Å². The molecule has 0 spiro atoms. The summed E-state index contributed by atoms with van der Waals surface area (Å²) < 4.78 is 5.93. The first-order valence-corrected chi connectivity index (χ1v) is 11.2. The third kappa shape index (κ3) is 5.50. The van der Waals surface area contributed by atoms with Crippen LogP contribution in [0.1, 0.15) is 49.3 Å². The summed E-state index contributed by atoms with van der Waals surface area (Å²) in [6.45, 7) is 10.7. The van der Waals surface area contributed by atoms with Gasteiger partial charge < -0.3 is 15.0 Å². The Kier molecular flexibility index (Phi) is 7.94. The Morgan fingerprint density at radius 1 is 1.19 bits per heavy atom. The van der Waals surface area contributed by atoms with Gasteiger partial charge in [-0.2, -0.15) is 0 Å². The van der Waals surface area contributed by atoms with E-state index in [9.17, 15) is 9.59 Å². The Balaban J connectivity index is 0.00000141. The van der Waals surface area contributed by atoms with Gasteiger partial charge in [-0.15, -0.1) is 0 Å². The van der Waals surface area contributed by atoms with Crippen LogP contribution in [0.4, 0.5) is 0 Å². The fourth-order valence-electron chi connectivity index (χ4n) is 3.53. The van der Waals surface area contributed by atoms with Crippen LogP contribution in [0.3, 0.4) is 0 Å². The number of fused-ring (bicyclic) bond motifs is 1. The minimum Gasteiger partial charge on any atom is -0.486 e. The fraction of sp³-hybridized carbons (Fsp3) is 0.417. The molecule has 1 amide bonds. The molecule has 0 aliphatic carbocycles. The van der Waals surface area contributed by atoms with Gasteiger partial charge in [0.15, 0.2) is 0 Å². The zero-order chi connectivity index (χ0) is 23.1. The average molecular weight is 438 g/mol. The second-order valence-electron chi connectivity index (χ2n) is 7.43. The van der Waals surface area contributed by atoms with E-state index in [1.54, 1.807) is 18.3 Å².